The second kappa shape index (κ2) is 11.4. The van der Waals surface area contributed by atoms with Crippen molar-refractivity contribution in [1.29, 1.82) is 0 Å². The molecular weight excluding hydrogens is 384 g/mol. The lowest BCUT2D eigenvalue weighted by Gasteiger charge is -2.28. The van der Waals surface area contributed by atoms with Crippen LogP contribution in [0, 0.1) is 0 Å². The Hall–Kier alpha value is -2.68. The Morgan fingerprint density at radius 2 is 2.21 bits per heavy atom. The second-order valence-electron chi connectivity index (χ2n) is 6.39. The van der Waals surface area contributed by atoms with Gasteiger partial charge in [0.25, 0.3) is 0 Å². The number of nitrogens with zero attached hydrogens (tertiary/aromatic N) is 3. The smallest absolute Gasteiger partial charge is 0.188 e. The van der Waals surface area contributed by atoms with Crippen LogP contribution in [-0.2, 0) is 4.74 Å². The van der Waals surface area contributed by atoms with Crippen molar-refractivity contribution in [3.8, 4) is 0 Å². The molecule has 29 heavy (non-hydrogen) atoms. The van der Waals surface area contributed by atoms with Crippen LogP contribution in [0.5, 0.6) is 0 Å². The van der Waals surface area contributed by atoms with E-state index in [0.29, 0.717) is 6.54 Å². The predicted octanol–water partition coefficient (Wildman–Crippen LogP) is 3.14. The van der Waals surface area contributed by atoms with Gasteiger partial charge < -0.3 is 26.0 Å². The van der Waals surface area contributed by atoms with Crippen LogP contribution < -0.4 is 21.3 Å². The van der Waals surface area contributed by atoms with Crippen LogP contribution in [0.15, 0.2) is 54.5 Å². The Morgan fingerprint density at radius 1 is 1.34 bits per heavy atom. The second-order valence-corrected chi connectivity index (χ2v) is 7.45. The fourth-order valence-electron chi connectivity index (χ4n) is 2.80. The lowest BCUT2D eigenvalue weighted by molar-refractivity contribution is 0.122. The molecule has 0 aromatic carbocycles. The maximum absolute atomic E-state index is 5.58. The molecule has 2 aromatic rings. The molecule has 3 heterocycles. The number of ether oxygens (including phenoxy) is 1. The van der Waals surface area contributed by atoms with Gasteiger partial charge in [0.1, 0.15) is 5.82 Å². The van der Waals surface area contributed by atoms with Crippen molar-refractivity contribution < 1.29 is 4.74 Å². The normalized spacial score (nSPS) is 15.4. The van der Waals surface area contributed by atoms with E-state index in [0.717, 1.165) is 60.1 Å². The molecule has 1 aliphatic heterocycles. The minimum atomic E-state index is 0.589. The van der Waals surface area contributed by atoms with Crippen LogP contribution in [0.3, 0.4) is 0 Å². The summed E-state index contributed by atoms with van der Waals surface area (Å²) in [5.74, 6) is 0.789. The van der Waals surface area contributed by atoms with Crippen molar-refractivity contribution in [2.24, 2.45) is 5.73 Å². The van der Waals surface area contributed by atoms with Gasteiger partial charge in [-0.3, -0.25) is 0 Å². The Bertz CT molecular complexity index is 854. The van der Waals surface area contributed by atoms with Gasteiger partial charge in [-0.25, -0.2) is 9.97 Å². The van der Waals surface area contributed by atoms with E-state index in [2.05, 4.69) is 31.6 Å². The van der Waals surface area contributed by atoms with Gasteiger partial charge in [0, 0.05) is 60.9 Å². The average Bonchev–Trinajstić information content (AvgIpc) is 3.21. The molecule has 3 rings (SSSR count). The highest BCUT2D eigenvalue weighted by molar-refractivity contribution is 7.16. The molecule has 1 saturated heterocycles. The average molecular weight is 413 g/mol. The number of nitrogens with two attached hydrogens (primary N) is 1. The Kier molecular flexibility index (Phi) is 8.24. The van der Waals surface area contributed by atoms with E-state index in [4.69, 9.17) is 10.5 Å². The SMILES string of the molecule is C\C=C/C=C(\C=C\c1cnc(Nc2cc(N3CCOCC3)ccn2)s1)NCCN. The first kappa shape index (κ1) is 21.0. The van der Waals surface area contributed by atoms with Crippen molar-refractivity contribution >= 4 is 34.0 Å². The van der Waals surface area contributed by atoms with Crippen molar-refractivity contribution in [3.63, 3.8) is 0 Å². The number of hydrogen-bond donors (Lipinski definition) is 3. The van der Waals surface area contributed by atoms with E-state index in [9.17, 15) is 0 Å². The molecule has 4 N–H and O–H groups in total. The van der Waals surface area contributed by atoms with Gasteiger partial charge in [0.2, 0.25) is 0 Å². The van der Waals surface area contributed by atoms with Crippen molar-refractivity contribution in [1.82, 2.24) is 15.3 Å². The summed E-state index contributed by atoms with van der Waals surface area (Å²) in [5, 5.41) is 7.42. The lowest BCUT2D eigenvalue weighted by atomic mass is 10.3. The van der Waals surface area contributed by atoms with E-state index in [1.807, 2.05) is 55.8 Å². The zero-order valence-electron chi connectivity index (χ0n) is 16.7. The van der Waals surface area contributed by atoms with Crippen molar-refractivity contribution in [3.05, 3.63) is 59.4 Å². The topological polar surface area (TPSA) is 88.3 Å². The minimum Gasteiger partial charge on any atom is -0.384 e. The molecule has 0 unspecified atom stereocenters. The largest absolute Gasteiger partial charge is 0.384 e. The Balaban J connectivity index is 1.64. The van der Waals surface area contributed by atoms with Gasteiger partial charge in [-0.2, -0.15) is 0 Å². The van der Waals surface area contributed by atoms with Crippen molar-refractivity contribution in [2.75, 3.05) is 49.6 Å². The van der Waals surface area contributed by atoms with E-state index in [-0.39, 0.29) is 0 Å². The summed E-state index contributed by atoms with van der Waals surface area (Å²) in [6.45, 7) is 6.63. The number of allylic oxidation sites excluding steroid dienone is 4. The highest BCUT2D eigenvalue weighted by atomic mass is 32.1. The number of pyridine rings is 1. The first-order chi connectivity index (χ1) is 14.3. The molecule has 1 aliphatic rings. The van der Waals surface area contributed by atoms with Crippen molar-refractivity contribution in [2.45, 2.75) is 6.92 Å². The maximum atomic E-state index is 5.58. The first-order valence-corrected chi connectivity index (χ1v) is 10.6. The van der Waals surface area contributed by atoms with Crippen LogP contribution in [-0.4, -0.2) is 49.4 Å². The molecule has 0 saturated carbocycles. The number of hydrogen-bond acceptors (Lipinski definition) is 8. The van der Waals surface area contributed by atoms with Gasteiger partial charge in [-0.1, -0.05) is 23.5 Å². The summed E-state index contributed by atoms with van der Waals surface area (Å²) in [5.41, 5.74) is 7.74. The number of morpholine rings is 1. The molecule has 0 aliphatic carbocycles. The lowest BCUT2D eigenvalue weighted by Crippen LogP contribution is -2.36. The third-order valence-electron chi connectivity index (χ3n) is 4.25. The van der Waals surface area contributed by atoms with Gasteiger partial charge in [-0.15, -0.1) is 0 Å². The zero-order chi connectivity index (χ0) is 20.3. The Labute approximate surface area is 176 Å². The molecule has 0 atom stereocenters. The molecule has 2 aromatic heterocycles. The third kappa shape index (κ3) is 6.70. The summed E-state index contributed by atoms with van der Waals surface area (Å²) in [4.78, 5) is 12.2. The fraction of sp³-hybridized carbons (Fsp3) is 0.333. The summed E-state index contributed by atoms with van der Waals surface area (Å²) >= 11 is 1.58. The monoisotopic (exact) mass is 412 g/mol. The summed E-state index contributed by atoms with van der Waals surface area (Å²) in [6.07, 6.45) is 13.8. The summed E-state index contributed by atoms with van der Waals surface area (Å²) in [7, 11) is 0. The number of anilines is 3. The number of aromatic nitrogens is 2. The number of rotatable bonds is 9. The maximum Gasteiger partial charge on any atom is 0.188 e. The van der Waals surface area contributed by atoms with Crippen LogP contribution >= 0.6 is 11.3 Å². The quantitative estimate of drug-likeness (QED) is 0.545. The molecule has 0 radical (unpaired) electrons. The van der Waals surface area contributed by atoms with Crippen LogP contribution in [0.4, 0.5) is 16.6 Å². The molecular formula is C21H28N6OS. The molecule has 8 heteroatoms. The van der Waals surface area contributed by atoms with Crippen LogP contribution in [0.2, 0.25) is 0 Å². The molecule has 154 valence electrons. The summed E-state index contributed by atoms with van der Waals surface area (Å²) < 4.78 is 5.43. The molecule has 1 fully saturated rings. The van der Waals surface area contributed by atoms with E-state index in [1.54, 1.807) is 11.3 Å². The summed E-state index contributed by atoms with van der Waals surface area (Å²) in [6, 6.07) is 4.08. The standard InChI is InChI=1S/C21H28N6OS/c1-2-3-4-17(23-10-8-22)5-6-19-16-25-21(29-19)26-20-15-18(7-9-24-20)27-11-13-28-14-12-27/h2-7,9,15-16,23H,8,10-14,22H2,1H3,(H,24,25,26)/b3-2-,6-5+,17-4+. The first-order valence-electron chi connectivity index (χ1n) is 9.75. The van der Waals surface area contributed by atoms with Gasteiger partial charge >= 0.3 is 0 Å². The van der Waals surface area contributed by atoms with Gasteiger partial charge in [-0.05, 0) is 31.2 Å². The Morgan fingerprint density at radius 3 is 3.00 bits per heavy atom. The molecule has 0 bridgehead atoms. The van der Waals surface area contributed by atoms with Crippen LogP contribution in [0.25, 0.3) is 6.08 Å². The van der Waals surface area contributed by atoms with Gasteiger partial charge in [0.05, 0.1) is 13.2 Å². The molecule has 0 amide bonds. The zero-order valence-corrected chi connectivity index (χ0v) is 17.5. The van der Waals surface area contributed by atoms with E-state index < -0.39 is 0 Å². The number of nitrogens with one attached hydrogen (secondary N) is 2. The highest BCUT2D eigenvalue weighted by Crippen LogP contribution is 2.25. The number of thiazole rings is 1. The third-order valence-corrected chi connectivity index (χ3v) is 5.13. The fourth-order valence-corrected chi connectivity index (χ4v) is 3.52. The molecule has 0 spiro atoms. The van der Waals surface area contributed by atoms with Gasteiger partial charge in [0.15, 0.2) is 5.13 Å². The molecule has 7 nitrogen and oxygen atoms in total. The highest BCUT2D eigenvalue weighted by Gasteiger charge is 2.12. The van der Waals surface area contributed by atoms with Crippen LogP contribution in [0.1, 0.15) is 11.8 Å². The minimum absolute atomic E-state index is 0.589. The van der Waals surface area contributed by atoms with E-state index in [1.165, 1.54) is 0 Å². The predicted molar refractivity (Wildman–Crippen MR) is 122 cm³/mol. The van der Waals surface area contributed by atoms with E-state index >= 15 is 0 Å².